The molecule has 10 heteroatoms. The SMILES string of the molecule is CNc1nc(Nc2cnn([C@@H]3CCN(C4CCOCC4)C[C@H]3F)c2)ncc1F. The first-order valence-electron chi connectivity index (χ1n) is 9.61. The second-order valence-corrected chi connectivity index (χ2v) is 7.18. The van der Waals surface area contributed by atoms with Gasteiger partial charge in [-0.25, -0.2) is 13.8 Å². The summed E-state index contributed by atoms with van der Waals surface area (Å²) >= 11 is 0. The number of piperidine rings is 1. The maximum atomic E-state index is 14.9. The third kappa shape index (κ3) is 4.07. The Balaban J connectivity index is 1.39. The van der Waals surface area contributed by atoms with Gasteiger partial charge >= 0.3 is 0 Å². The molecule has 0 unspecified atom stereocenters. The molecule has 152 valence electrons. The number of aromatic nitrogens is 4. The lowest BCUT2D eigenvalue weighted by atomic mass is 9.98. The third-order valence-corrected chi connectivity index (χ3v) is 5.42. The highest BCUT2D eigenvalue weighted by atomic mass is 19.1. The molecule has 28 heavy (non-hydrogen) atoms. The van der Waals surface area contributed by atoms with Crippen LogP contribution in [-0.2, 0) is 4.74 Å². The maximum absolute atomic E-state index is 14.9. The van der Waals surface area contributed by atoms with E-state index in [1.807, 2.05) is 0 Å². The summed E-state index contributed by atoms with van der Waals surface area (Å²) in [5.74, 6) is -0.175. The lowest BCUT2D eigenvalue weighted by Crippen LogP contribution is -2.49. The first-order chi connectivity index (χ1) is 13.6. The zero-order valence-corrected chi connectivity index (χ0v) is 15.8. The molecule has 0 aliphatic carbocycles. The topological polar surface area (TPSA) is 80.1 Å². The summed E-state index contributed by atoms with van der Waals surface area (Å²) in [6.45, 7) is 2.79. The first-order valence-corrected chi connectivity index (χ1v) is 9.61. The largest absolute Gasteiger partial charge is 0.381 e. The lowest BCUT2D eigenvalue weighted by Gasteiger charge is -2.40. The van der Waals surface area contributed by atoms with Crippen LogP contribution in [0, 0.1) is 5.82 Å². The Kier molecular flexibility index (Phi) is 5.67. The Morgan fingerprint density at radius 3 is 2.79 bits per heavy atom. The number of anilines is 3. The summed E-state index contributed by atoms with van der Waals surface area (Å²) in [6, 6.07) is 0.119. The highest BCUT2D eigenvalue weighted by Crippen LogP contribution is 2.29. The van der Waals surface area contributed by atoms with Crippen LogP contribution in [0.5, 0.6) is 0 Å². The Morgan fingerprint density at radius 2 is 2.04 bits per heavy atom. The Bertz CT molecular complexity index is 796. The molecule has 4 rings (SSSR count). The number of hydrogen-bond donors (Lipinski definition) is 2. The van der Waals surface area contributed by atoms with Crippen LogP contribution in [0.4, 0.5) is 26.2 Å². The van der Waals surface area contributed by atoms with Gasteiger partial charge in [-0.15, -0.1) is 0 Å². The van der Waals surface area contributed by atoms with E-state index in [1.165, 1.54) is 0 Å². The molecule has 0 aromatic carbocycles. The standard InChI is InChI=1S/C18H25F2N7O/c1-21-17-14(19)9-22-18(25-17)24-12-8-23-27(10-12)16-2-5-26(11-15(16)20)13-3-6-28-7-4-13/h8-10,13,15-16H,2-7,11H2,1H3,(H2,21,22,24,25)/t15-,16-/m1/s1. The van der Waals surface area contributed by atoms with E-state index in [2.05, 4.69) is 30.6 Å². The highest BCUT2D eigenvalue weighted by Gasteiger charge is 2.34. The van der Waals surface area contributed by atoms with E-state index in [1.54, 1.807) is 24.1 Å². The summed E-state index contributed by atoms with van der Waals surface area (Å²) in [6.07, 6.45) is 6.10. The van der Waals surface area contributed by atoms with Crippen LogP contribution >= 0.6 is 0 Å². The molecule has 2 aromatic heterocycles. The molecule has 2 N–H and O–H groups in total. The number of ether oxygens (including phenoxy) is 1. The number of hydrogen-bond acceptors (Lipinski definition) is 7. The van der Waals surface area contributed by atoms with Crippen LogP contribution in [0.25, 0.3) is 0 Å². The number of rotatable bonds is 5. The van der Waals surface area contributed by atoms with Gasteiger partial charge in [0.1, 0.15) is 6.17 Å². The minimum atomic E-state index is -0.984. The molecule has 4 heterocycles. The molecule has 2 atom stereocenters. The van der Waals surface area contributed by atoms with Gasteiger partial charge in [-0.2, -0.15) is 10.1 Å². The van der Waals surface area contributed by atoms with E-state index in [9.17, 15) is 8.78 Å². The van der Waals surface area contributed by atoms with Crippen molar-refractivity contribution in [2.45, 2.75) is 37.5 Å². The fourth-order valence-corrected chi connectivity index (χ4v) is 3.91. The van der Waals surface area contributed by atoms with E-state index < -0.39 is 12.0 Å². The van der Waals surface area contributed by atoms with E-state index in [4.69, 9.17) is 4.74 Å². The average molecular weight is 393 g/mol. The average Bonchev–Trinajstić information content (AvgIpc) is 3.18. The number of likely N-dealkylation sites (tertiary alicyclic amines) is 1. The van der Waals surface area contributed by atoms with Crippen molar-refractivity contribution in [2.75, 3.05) is 44.0 Å². The lowest BCUT2D eigenvalue weighted by molar-refractivity contribution is -0.00136. The van der Waals surface area contributed by atoms with Gasteiger partial charge in [0.25, 0.3) is 0 Å². The zero-order valence-electron chi connectivity index (χ0n) is 15.8. The van der Waals surface area contributed by atoms with Crippen LogP contribution in [0.1, 0.15) is 25.3 Å². The predicted octanol–water partition coefficient (Wildman–Crippen LogP) is 2.36. The number of alkyl halides is 1. The van der Waals surface area contributed by atoms with Crippen molar-refractivity contribution in [3.63, 3.8) is 0 Å². The molecule has 8 nitrogen and oxygen atoms in total. The second-order valence-electron chi connectivity index (χ2n) is 7.18. The van der Waals surface area contributed by atoms with Crippen molar-refractivity contribution in [1.29, 1.82) is 0 Å². The molecule has 2 fully saturated rings. The van der Waals surface area contributed by atoms with Crippen molar-refractivity contribution >= 4 is 17.5 Å². The third-order valence-electron chi connectivity index (χ3n) is 5.42. The Hall–Kier alpha value is -2.33. The molecular weight excluding hydrogens is 368 g/mol. The normalized spacial score (nSPS) is 24.2. The van der Waals surface area contributed by atoms with Crippen molar-refractivity contribution in [2.24, 2.45) is 0 Å². The monoisotopic (exact) mass is 393 g/mol. The summed E-state index contributed by atoms with van der Waals surface area (Å²) in [5, 5.41) is 9.96. The fourth-order valence-electron chi connectivity index (χ4n) is 3.91. The molecule has 2 saturated heterocycles. The van der Waals surface area contributed by atoms with Gasteiger partial charge in [-0.1, -0.05) is 0 Å². The Labute approximate surface area is 162 Å². The van der Waals surface area contributed by atoms with E-state index in [0.29, 0.717) is 24.7 Å². The maximum Gasteiger partial charge on any atom is 0.229 e. The molecule has 0 bridgehead atoms. The van der Waals surface area contributed by atoms with Gasteiger partial charge in [0, 0.05) is 45.6 Å². The van der Waals surface area contributed by atoms with E-state index in [0.717, 1.165) is 38.8 Å². The minimum Gasteiger partial charge on any atom is -0.381 e. The van der Waals surface area contributed by atoms with Gasteiger partial charge in [0.05, 0.1) is 24.1 Å². The summed E-state index contributed by atoms with van der Waals surface area (Å²) in [5.41, 5.74) is 0.632. The summed E-state index contributed by atoms with van der Waals surface area (Å²) in [4.78, 5) is 10.2. The molecule has 2 aromatic rings. The van der Waals surface area contributed by atoms with Gasteiger partial charge in [0.15, 0.2) is 11.6 Å². The van der Waals surface area contributed by atoms with Crippen molar-refractivity contribution in [3.8, 4) is 0 Å². The van der Waals surface area contributed by atoms with Crippen LogP contribution in [0.2, 0.25) is 0 Å². The van der Waals surface area contributed by atoms with Crippen molar-refractivity contribution < 1.29 is 13.5 Å². The van der Waals surface area contributed by atoms with Crippen molar-refractivity contribution in [1.82, 2.24) is 24.6 Å². The zero-order chi connectivity index (χ0) is 19.5. The second kappa shape index (κ2) is 8.36. The van der Waals surface area contributed by atoms with Gasteiger partial charge < -0.3 is 15.4 Å². The number of nitrogens with zero attached hydrogens (tertiary/aromatic N) is 5. The summed E-state index contributed by atoms with van der Waals surface area (Å²) in [7, 11) is 1.58. The smallest absolute Gasteiger partial charge is 0.229 e. The predicted molar refractivity (Wildman–Crippen MR) is 101 cm³/mol. The van der Waals surface area contributed by atoms with Crippen molar-refractivity contribution in [3.05, 3.63) is 24.4 Å². The van der Waals surface area contributed by atoms with Gasteiger partial charge in [0.2, 0.25) is 5.95 Å². The molecular formula is C18H25F2N7O. The molecule has 2 aliphatic heterocycles. The molecule has 0 radical (unpaired) electrons. The van der Waals surface area contributed by atoms with Crippen LogP contribution < -0.4 is 10.6 Å². The van der Waals surface area contributed by atoms with Crippen LogP contribution in [0.15, 0.2) is 18.6 Å². The minimum absolute atomic E-state index is 0.106. The molecule has 0 spiro atoms. The molecule has 0 amide bonds. The van der Waals surface area contributed by atoms with Gasteiger partial charge in [-0.05, 0) is 19.3 Å². The fraction of sp³-hybridized carbons (Fsp3) is 0.611. The molecule has 2 aliphatic rings. The Morgan fingerprint density at radius 1 is 1.21 bits per heavy atom. The van der Waals surface area contributed by atoms with Gasteiger partial charge in [-0.3, -0.25) is 9.58 Å². The van der Waals surface area contributed by atoms with E-state index >= 15 is 0 Å². The highest BCUT2D eigenvalue weighted by molar-refractivity contribution is 5.52. The summed E-state index contributed by atoms with van der Waals surface area (Å²) < 4.78 is 35.4. The molecule has 0 saturated carbocycles. The quantitative estimate of drug-likeness (QED) is 0.807. The van der Waals surface area contributed by atoms with E-state index in [-0.39, 0.29) is 17.8 Å². The van der Waals surface area contributed by atoms with Crippen LogP contribution in [-0.4, -0.2) is 70.2 Å². The first kappa shape index (κ1) is 19.0. The van der Waals surface area contributed by atoms with Crippen LogP contribution in [0.3, 0.4) is 0 Å². The number of nitrogens with one attached hydrogen (secondary N) is 2. The number of halogens is 2.